The first-order valence-corrected chi connectivity index (χ1v) is 7.87. The zero-order valence-electron chi connectivity index (χ0n) is 15.4. The molecular weight excluding hydrogens is 326 g/mol. The smallest absolute Gasteiger partial charge is 0.319 e. The first-order valence-electron chi connectivity index (χ1n) is 7.87. The molecule has 138 valence electrons. The molecule has 1 heterocycles. The molecule has 0 fully saturated rings. The van der Waals surface area contributed by atoms with Crippen LogP contribution in [0.3, 0.4) is 0 Å². The summed E-state index contributed by atoms with van der Waals surface area (Å²) in [6, 6.07) is 1.50. The highest BCUT2D eigenvalue weighted by Crippen LogP contribution is 2.49. The van der Waals surface area contributed by atoms with Crippen LogP contribution >= 0.6 is 0 Å². The predicted octanol–water partition coefficient (Wildman–Crippen LogP) is 2.53. The van der Waals surface area contributed by atoms with Crippen molar-refractivity contribution in [3.8, 4) is 17.2 Å². The molecule has 0 aliphatic heterocycles. The number of carbonyl (C=O) groups excluding carboxylic acids is 1. The van der Waals surface area contributed by atoms with Gasteiger partial charge < -0.3 is 34.2 Å². The molecule has 1 unspecified atom stereocenters. The number of carbonyl (C=O) groups is 1. The third-order valence-corrected chi connectivity index (χ3v) is 4.00. The lowest BCUT2D eigenvalue weighted by atomic mass is 10.1. The van der Waals surface area contributed by atoms with E-state index < -0.39 is 6.03 Å². The second kappa shape index (κ2) is 7.98. The number of likely N-dealkylation sites (N-methyl/N-ethyl adjacent to an activating group) is 1. The molecule has 0 bridgehead atoms. The monoisotopic (exact) mass is 351 g/mol. The first-order chi connectivity index (χ1) is 11.9. The minimum atomic E-state index is -0.395. The summed E-state index contributed by atoms with van der Waals surface area (Å²) in [6.45, 7) is 2.42. The quantitative estimate of drug-likeness (QED) is 0.797. The van der Waals surface area contributed by atoms with Gasteiger partial charge in [0.1, 0.15) is 12.3 Å². The van der Waals surface area contributed by atoms with E-state index in [0.29, 0.717) is 40.5 Å². The van der Waals surface area contributed by atoms with Gasteiger partial charge in [0.2, 0.25) is 5.75 Å². The van der Waals surface area contributed by atoms with Crippen LogP contribution in [0.15, 0.2) is 16.7 Å². The van der Waals surface area contributed by atoms with Crippen molar-refractivity contribution in [1.82, 2.24) is 10.2 Å². The number of hydrogen-bond acceptors (Lipinski definition) is 6. The van der Waals surface area contributed by atoms with Crippen molar-refractivity contribution in [2.24, 2.45) is 0 Å². The Balaban J connectivity index is 2.60. The highest BCUT2D eigenvalue weighted by Gasteiger charge is 2.26. The van der Waals surface area contributed by atoms with Crippen LogP contribution < -0.4 is 24.8 Å². The van der Waals surface area contributed by atoms with E-state index in [4.69, 9.17) is 18.6 Å². The van der Waals surface area contributed by atoms with Crippen LogP contribution in [0.4, 0.5) is 10.5 Å². The Hall–Kier alpha value is -2.61. The van der Waals surface area contributed by atoms with Crippen LogP contribution in [0.25, 0.3) is 11.0 Å². The number of nitrogens with one attached hydrogen (secondary N) is 2. The van der Waals surface area contributed by atoms with Crippen molar-refractivity contribution in [3.05, 3.63) is 12.3 Å². The van der Waals surface area contributed by atoms with Gasteiger partial charge in [-0.15, -0.1) is 0 Å². The summed E-state index contributed by atoms with van der Waals surface area (Å²) in [7, 11) is 8.51. The Kier molecular flexibility index (Phi) is 5.97. The standard InChI is InChI=1S/C17H25N3O5/c1-10(20(3)4)9-25-15-12(19-17(21)18-2)13(22-5)11-7-8-24-14(11)16(15)23-6/h7-8,10H,9H2,1-6H3,(H2,18,19,21). The molecule has 1 atom stereocenters. The third kappa shape index (κ3) is 3.74. The second-order valence-corrected chi connectivity index (χ2v) is 5.76. The SMILES string of the molecule is CNC(=O)Nc1c(OCC(C)N(C)C)c(OC)c2occc2c1OC. The number of ether oxygens (including phenoxy) is 3. The van der Waals surface area contributed by atoms with Gasteiger partial charge >= 0.3 is 6.03 Å². The molecule has 1 aromatic heterocycles. The van der Waals surface area contributed by atoms with E-state index in [0.717, 1.165) is 0 Å². The second-order valence-electron chi connectivity index (χ2n) is 5.76. The summed E-state index contributed by atoms with van der Waals surface area (Å²) in [4.78, 5) is 13.9. The van der Waals surface area contributed by atoms with E-state index in [1.165, 1.54) is 27.5 Å². The highest BCUT2D eigenvalue weighted by molar-refractivity contribution is 6.03. The number of amides is 2. The highest BCUT2D eigenvalue weighted by atomic mass is 16.5. The van der Waals surface area contributed by atoms with Gasteiger partial charge in [0, 0.05) is 13.1 Å². The van der Waals surface area contributed by atoms with Crippen LogP contribution in [0.5, 0.6) is 17.2 Å². The largest absolute Gasteiger partial charge is 0.494 e. The lowest BCUT2D eigenvalue weighted by Crippen LogP contribution is -2.31. The normalized spacial score (nSPS) is 12.1. The molecule has 2 N–H and O–H groups in total. The number of anilines is 1. The molecule has 0 saturated heterocycles. The van der Waals surface area contributed by atoms with Crippen molar-refractivity contribution >= 4 is 22.7 Å². The number of urea groups is 1. The van der Waals surface area contributed by atoms with Crippen molar-refractivity contribution in [2.45, 2.75) is 13.0 Å². The molecular formula is C17H25N3O5. The van der Waals surface area contributed by atoms with Gasteiger partial charge in [0.15, 0.2) is 17.1 Å². The molecule has 8 heteroatoms. The van der Waals surface area contributed by atoms with Crippen LogP contribution in [0.2, 0.25) is 0 Å². The van der Waals surface area contributed by atoms with Gasteiger partial charge in [-0.3, -0.25) is 0 Å². The molecule has 0 aliphatic carbocycles. The molecule has 2 aromatic rings. The molecule has 0 spiro atoms. The van der Waals surface area contributed by atoms with Crippen molar-refractivity contribution < 1.29 is 23.4 Å². The van der Waals surface area contributed by atoms with Gasteiger partial charge in [-0.1, -0.05) is 0 Å². The number of nitrogens with zero attached hydrogens (tertiary/aromatic N) is 1. The molecule has 2 amide bonds. The number of benzene rings is 1. The van der Waals surface area contributed by atoms with Crippen molar-refractivity contribution in [1.29, 1.82) is 0 Å². The van der Waals surface area contributed by atoms with E-state index in [1.807, 2.05) is 25.9 Å². The van der Waals surface area contributed by atoms with Gasteiger partial charge in [-0.25, -0.2) is 4.79 Å². The molecule has 2 rings (SSSR count). The molecule has 25 heavy (non-hydrogen) atoms. The molecule has 0 aliphatic rings. The average Bonchev–Trinajstić information content (AvgIpc) is 3.07. The molecule has 0 saturated carbocycles. The molecule has 0 radical (unpaired) electrons. The van der Waals surface area contributed by atoms with E-state index >= 15 is 0 Å². The Bertz CT molecular complexity index is 741. The number of rotatable bonds is 7. The summed E-state index contributed by atoms with van der Waals surface area (Å²) >= 11 is 0. The van der Waals surface area contributed by atoms with Gasteiger partial charge in [-0.05, 0) is 27.1 Å². The Morgan fingerprint density at radius 1 is 1.24 bits per heavy atom. The van der Waals surface area contributed by atoms with Crippen LogP contribution in [0.1, 0.15) is 6.92 Å². The van der Waals surface area contributed by atoms with Gasteiger partial charge in [0.05, 0.1) is 25.9 Å². The number of furan rings is 1. The predicted molar refractivity (Wildman–Crippen MR) is 96.0 cm³/mol. The fourth-order valence-corrected chi connectivity index (χ4v) is 2.30. The van der Waals surface area contributed by atoms with E-state index in [-0.39, 0.29) is 6.04 Å². The van der Waals surface area contributed by atoms with Crippen LogP contribution in [-0.2, 0) is 0 Å². The topological polar surface area (TPSA) is 85.2 Å². The maximum atomic E-state index is 11.9. The van der Waals surface area contributed by atoms with E-state index in [1.54, 1.807) is 6.07 Å². The summed E-state index contributed by atoms with van der Waals surface area (Å²) in [6.07, 6.45) is 1.53. The van der Waals surface area contributed by atoms with Crippen LogP contribution in [-0.4, -0.2) is 58.9 Å². The maximum Gasteiger partial charge on any atom is 0.319 e. The zero-order valence-corrected chi connectivity index (χ0v) is 15.4. The van der Waals surface area contributed by atoms with E-state index in [9.17, 15) is 4.79 Å². The van der Waals surface area contributed by atoms with Crippen molar-refractivity contribution in [2.75, 3.05) is 47.3 Å². The summed E-state index contributed by atoms with van der Waals surface area (Å²) in [5.74, 6) is 1.21. The Morgan fingerprint density at radius 3 is 2.48 bits per heavy atom. The maximum absolute atomic E-state index is 11.9. The molecule has 1 aromatic carbocycles. The number of methoxy groups -OCH3 is 2. The Morgan fingerprint density at radius 2 is 1.92 bits per heavy atom. The van der Waals surface area contributed by atoms with Crippen LogP contribution in [0, 0.1) is 0 Å². The fraction of sp³-hybridized carbons (Fsp3) is 0.471. The average molecular weight is 351 g/mol. The minimum Gasteiger partial charge on any atom is -0.494 e. The van der Waals surface area contributed by atoms with Gasteiger partial charge in [-0.2, -0.15) is 0 Å². The zero-order chi connectivity index (χ0) is 18.6. The minimum absolute atomic E-state index is 0.149. The number of hydrogen-bond donors (Lipinski definition) is 2. The molecule has 8 nitrogen and oxygen atoms in total. The Labute approximate surface area is 147 Å². The van der Waals surface area contributed by atoms with Gasteiger partial charge in [0.25, 0.3) is 0 Å². The number of fused-ring (bicyclic) bond motifs is 1. The lowest BCUT2D eigenvalue weighted by Gasteiger charge is -2.23. The fourth-order valence-electron chi connectivity index (χ4n) is 2.30. The van der Waals surface area contributed by atoms with Crippen molar-refractivity contribution in [3.63, 3.8) is 0 Å². The lowest BCUT2D eigenvalue weighted by molar-refractivity contribution is 0.193. The summed E-state index contributed by atoms with van der Waals surface area (Å²) < 4.78 is 22.6. The van der Waals surface area contributed by atoms with E-state index in [2.05, 4.69) is 10.6 Å². The summed E-state index contributed by atoms with van der Waals surface area (Å²) in [5.41, 5.74) is 0.882. The first kappa shape index (κ1) is 18.7. The summed E-state index contributed by atoms with van der Waals surface area (Å²) in [5, 5.41) is 5.95. The third-order valence-electron chi connectivity index (χ3n) is 4.00.